The molecule has 7 heteroatoms. The highest BCUT2D eigenvalue weighted by Gasteiger charge is 2.11. The van der Waals surface area contributed by atoms with Gasteiger partial charge in [0.2, 0.25) is 0 Å². The van der Waals surface area contributed by atoms with E-state index in [0.29, 0.717) is 25.7 Å². The number of nitrogens with zero attached hydrogens (tertiary/aromatic N) is 3. The van der Waals surface area contributed by atoms with E-state index in [0.717, 1.165) is 46.9 Å². The minimum Gasteiger partial charge on any atom is -0.490 e. The number of anilines is 1. The number of ether oxygens (including phenoxy) is 2. The average Bonchev–Trinajstić information content (AvgIpc) is 2.93. The van der Waals surface area contributed by atoms with E-state index in [1.54, 1.807) is 0 Å². The number of aliphatic imine (C=N–C) groups is 1. The second-order valence-electron chi connectivity index (χ2n) is 6.51. The van der Waals surface area contributed by atoms with Crippen LogP contribution in [0.1, 0.15) is 17.7 Å². The summed E-state index contributed by atoms with van der Waals surface area (Å²) < 4.78 is 13.4. The zero-order valence-electron chi connectivity index (χ0n) is 15.3. The van der Waals surface area contributed by atoms with Gasteiger partial charge in [-0.1, -0.05) is 6.07 Å². The number of fused-ring (bicyclic) bond motifs is 2. The first-order chi connectivity index (χ1) is 13.2. The Morgan fingerprint density at radius 2 is 2.11 bits per heavy atom. The van der Waals surface area contributed by atoms with Crippen molar-refractivity contribution in [1.29, 1.82) is 0 Å². The van der Waals surface area contributed by atoms with Crippen LogP contribution in [0.25, 0.3) is 5.65 Å². The van der Waals surface area contributed by atoms with Crippen molar-refractivity contribution < 1.29 is 9.47 Å². The Labute approximate surface area is 157 Å². The highest BCUT2D eigenvalue weighted by molar-refractivity contribution is 5.92. The van der Waals surface area contributed by atoms with E-state index in [-0.39, 0.29) is 0 Å². The Morgan fingerprint density at radius 3 is 2.96 bits per heavy atom. The predicted molar refractivity (Wildman–Crippen MR) is 106 cm³/mol. The van der Waals surface area contributed by atoms with Crippen molar-refractivity contribution in [3.05, 3.63) is 54.0 Å². The van der Waals surface area contributed by atoms with Crippen LogP contribution in [0.5, 0.6) is 11.5 Å². The van der Waals surface area contributed by atoms with Crippen molar-refractivity contribution in [3.8, 4) is 11.5 Å². The van der Waals surface area contributed by atoms with Gasteiger partial charge in [0.1, 0.15) is 5.65 Å². The van der Waals surface area contributed by atoms with Gasteiger partial charge in [-0.25, -0.2) is 4.98 Å². The minimum atomic E-state index is 0.365. The molecule has 0 unspecified atom stereocenters. The molecule has 7 nitrogen and oxygen atoms in total. The molecule has 3 heterocycles. The summed E-state index contributed by atoms with van der Waals surface area (Å²) >= 11 is 0. The maximum Gasteiger partial charge on any atom is 0.193 e. The number of guanidine groups is 1. The lowest BCUT2D eigenvalue weighted by atomic mass is 10.3. The zero-order chi connectivity index (χ0) is 18.6. The molecule has 27 heavy (non-hydrogen) atoms. The number of imidazole rings is 1. The van der Waals surface area contributed by atoms with Gasteiger partial charge in [-0.2, -0.15) is 0 Å². The number of aryl methyl sites for hydroxylation is 1. The van der Waals surface area contributed by atoms with Crippen molar-refractivity contribution in [2.75, 3.05) is 25.1 Å². The lowest BCUT2D eigenvalue weighted by molar-refractivity contribution is 0.297. The molecule has 0 radical (unpaired) electrons. The van der Waals surface area contributed by atoms with E-state index in [9.17, 15) is 0 Å². The Balaban J connectivity index is 1.38. The van der Waals surface area contributed by atoms with Gasteiger partial charge in [0.05, 0.1) is 18.9 Å². The molecule has 140 valence electrons. The topological polar surface area (TPSA) is 86.2 Å². The van der Waals surface area contributed by atoms with E-state index in [1.807, 2.05) is 41.1 Å². The number of nitrogens with one attached hydrogen (secondary N) is 1. The zero-order valence-corrected chi connectivity index (χ0v) is 15.3. The molecule has 0 spiro atoms. The number of pyridine rings is 1. The molecule has 0 bridgehead atoms. The van der Waals surface area contributed by atoms with Gasteiger partial charge in [-0.05, 0) is 30.7 Å². The third-order valence-electron chi connectivity index (χ3n) is 4.40. The summed E-state index contributed by atoms with van der Waals surface area (Å²) in [4.78, 5) is 9.05. The quantitative estimate of drug-likeness (QED) is 0.548. The normalized spacial score (nSPS) is 14.2. The molecular weight excluding hydrogens is 342 g/mol. The summed E-state index contributed by atoms with van der Waals surface area (Å²) in [5.41, 5.74) is 9.97. The molecule has 2 aromatic heterocycles. The van der Waals surface area contributed by atoms with Crippen molar-refractivity contribution in [1.82, 2.24) is 9.38 Å². The van der Waals surface area contributed by atoms with Crippen LogP contribution >= 0.6 is 0 Å². The van der Waals surface area contributed by atoms with Crippen molar-refractivity contribution in [2.45, 2.75) is 19.8 Å². The highest BCUT2D eigenvalue weighted by Crippen LogP contribution is 2.32. The first-order valence-corrected chi connectivity index (χ1v) is 9.09. The average molecular weight is 365 g/mol. The molecule has 0 saturated heterocycles. The van der Waals surface area contributed by atoms with E-state index in [4.69, 9.17) is 15.2 Å². The Bertz CT molecular complexity index is 980. The van der Waals surface area contributed by atoms with Crippen molar-refractivity contribution >= 4 is 17.3 Å². The maximum atomic E-state index is 6.02. The van der Waals surface area contributed by atoms with E-state index >= 15 is 0 Å². The van der Waals surface area contributed by atoms with Crippen LogP contribution in [0, 0.1) is 6.92 Å². The Morgan fingerprint density at radius 1 is 1.26 bits per heavy atom. The molecule has 1 aromatic carbocycles. The third-order valence-corrected chi connectivity index (χ3v) is 4.40. The van der Waals surface area contributed by atoms with Gasteiger partial charge in [-0.15, -0.1) is 0 Å². The summed E-state index contributed by atoms with van der Waals surface area (Å²) in [6.07, 6.45) is 5.64. The SMILES string of the molecule is Cc1cccn2cc(CCN=C(N)Nc3ccc4c(c3)OCCCO4)nc12. The molecule has 0 aliphatic carbocycles. The first-order valence-electron chi connectivity index (χ1n) is 9.09. The predicted octanol–water partition coefficient (Wildman–Crippen LogP) is 2.77. The second-order valence-corrected chi connectivity index (χ2v) is 6.51. The molecule has 0 saturated carbocycles. The molecular formula is C20H23N5O2. The lowest BCUT2D eigenvalue weighted by Crippen LogP contribution is -2.23. The molecule has 3 N–H and O–H groups in total. The molecule has 0 fully saturated rings. The molecule has 3 aromatic rings. The van der Waals surface area contributed by atoms with Crippen molar-refractivity contribution in [3.63, 3.8) is 0 Å². The van der Waals surface area contributed by atoms with Gasteiger partial charge in [0.15, 0.2) is 17.5 Å². The number of aromatic nitrogens is 2. The van der Waals surface area contributed by atoms with Gasteiger partial charge in [-0.3, -0.25) is 4.99 Å². The largest absolute Gasteiger partial charge is 0.490 e. The van der Waals surface area contributed by atoms with Gasteiger partial charge >= 0.3 is 0 Å². The number of benzene rings is 1. The molecule has 1 aliphatic heterocycles. The van der Waals surface area contributed by atoms with Crippen LogP contribution in [-0.4, -0.2) is 35.1 Å². The Hall–Kier alpha value is -3.22. The minimum absolute atomic E-state index is 0.365. The van der Waals surface area contributed by atoms with Crippen LogP contribution < -0.4 is 20.5 Å². The second kappa shape index (κ2) is 7.57. The third kappa shape index (κ3) is 3.97. The number of hydrogen-bond donors (Lipinski definition) is 2. The molecule has 0 amide bonds. The molecule has 0 atom stereocenters. The van der Waals surface area contributed by atoms with Crippen LogP contribution in [0.3, 0.4) is 0 Å². The fourth-order valence-corrected chi connectivity index (χ4v) is 3.04. The van der Waals surface area contributed by atoms with Gasteiger partial charge in [0.25, 0.3) is 0 Å². The standard InChI is InChI=1S/C20H23N5O2/c1-14-4-2-9-25-13-16(23-19(14)25)7-8-22-20(21)24-15-5-6-17-18(12-15)27-11-3-10-26-17/h2,4-6,9,12-13H,3,7-8,10-11H2,1H3,(H3,21,22,24). The van der Waals surface area contributed by atoms with Crippen LogP contribution in [-0.2, 0) is 6.42 Å². The van der Waals surface area contributed by atoms with Crippen LogP contribution in [0.4, 0.5) is 5.69 Å². The maximum absolute atomic E-state index is 6.02. The van der Waals surface area contributed by atoms with E-state index in [2.05, 4.69) is 28.3 Å². The van der Waals surface area contributed by atoms with Gasteiger partial charge in [0, 0.05) is 43.5 Å². The first kappa shape index (κ1) is 17.2. The fourth-order valence-electron chi connectivity index (χ4n) is 3.04. The highest BCUT2D eigenvalue weighted by atomic mass is 16.5. The van der Waals surface area contributed by atoms with Gasteiger partial charge < -0.3 is 24.9 Å². The fraction of sp³-hybridized carbons (Fsp3) is 0.300. The molecule has 4 rings (SSSR count). The van der Waals surface area contributed by atoms with Crippen LogP contribution in [0.15, 0.2) is 47.7 Å². The summed E-state index contributed by atoms with van der Waals surface area (Å²) in [5, 5.41) is 3.10. The number of rotatable bonds is 4. The summed E-state index contributed by atoms with van der Waals surface area (Å²) in [6.45, 7) is 3.94. The summed E-state index contributed by atoms with van der Waals surface area (Å²) in [7, 11) is 0. The summed E-state index contributed by atoms with van der Waals surface area (Å²) in [5.74, 6) is 1.85. The van der Waals surface area contributed by atoms with Crippen LogP contribution in [0.2, 0.25) is 0 Å². The van der Waals surface area contributed by atoms with E-state index in [1.165, 1.54) is 0 Å². The summed E-state index contributed by atoms with van der Waals surface area (Å²) in [6, 6.07) is 9.74. The smallest absolute Gasteiger partial charge is 0.193 e. The number of hydrogen-bond acceptors (Lipinski definition) is 4. The lowest BCUT2D eigenvalue weighted by Gasteiger charge is -2.10. The number of nitrogens with two attached hydrogens (primary N) is 1. The molecule has 1 aliphatic rings. The monoisotopic (exact) mass is 365 g/mol. The Kier molecular flexibility index (Phi) is 4.82. The van der Waals surface area contributed by atoms with E-state index < -0.39 is 0 Å². The van der Waals surface area contributed by atoms with Crippen molar-refractivity contribution in [2.24, 2.45) is 10.7 Å².